The average Bonchev–Trinajstić information content (AvgIpc) is 2.52. The number of nitrogens with zero attached hydrogens (tertiary/aromatic N) is 2. The molecule has 0 spiro atoms. The maximum Gasteiger partial charge on any atom is 0.445 e. The first kappa shape index (κ1) is 10.8. The van der Waals surface area contributed by atoms with Crippen LogP contribution in [0.1, 0.15) is 11.4 Å². The van der Waals surface area contributed by atoms with Gasteiger partial charge >= 0.3 is 6.18 Å². The summed E-state index contributed by atoms with van der Waals surface area (Å²) in [6, 6.07) is 0. The Labute approximate surface area is 82.3 Å². The molecule has 14 heavy (non-hydrogen) atoms. The SMILES string of the molecule is C#CCCNc1nnc(C(F)(F)F)s1. The zero-order valence-electron chi connectivity index (χ0n) is 6.93. The van der Waals surface area contributed by atoms with Crippen LogP contribution in [-0.4, -0.2) is 16.7 Å². The summed E-state index contributed by atoms with van der Waals surface area (Å²) in [4.78, 5) is 0. The normalized spacial score (nSPS) is 11.0. The molecule has 0 aromatic carbocycles. The van der Waals surface area contributed by atoms with E-state index in [-0.39, 0.29) is 5.13 Å². The van der Waals surface area contributed by atoms with Crippen LogP contribution in [0.15, 0.2) is 0 Å². The van der Waals surface area contributed by atoms with Crippen LogP contribution >= 0.6 is 11.3 Å². The Kier molecular flexibility index (Phi) is 3.30. The molecule has 0 fully saturated rings. The van der Waals surface area contributed by atoms with Gasteiger partial charge in [0, 0.05) is 13.0 Å². The first-order chi connectivity index (χ1) is 6.54. The van der Waals surface area contributed by atoms with Gasteiger partial charge in [0.2, 0.25) is 10.1 Å². The summed E-state index contributed by atoms with van der Waals surface area (Å²) in [5, 5.41) is 8.13. The molecule has 1 heterocycles. The first-order valence-corrected chi connectivity index (χ1v) is 4.43. The van der Waals surface area contributed by atoms with E-state index in [1.807, 2.05) is 0 Å². The van der Waals surface area contributed by atoms with Gasteiger partial charge in [-0.25, -0.2) is 0 Å². The van der Waals surface area contributed by atoms with Gasteiger partial charge in [-0.2, -0.15) is 13.2 Å². The second kappa shape index (κ2) is 4.28. The van der Waals surface area contributed by atoms with Crippen molar-refractivity contribution in [2.24, 2.45) is 0 Å². The molecule has 76 valence electrons. The number of hydrogen-bond donors (Lipinski definition) is 1. The number of nitrogens with one attached hydrogen (secondary N) is 1. The van der Waals surface area contributed by atoms with Gasteiger partial charge in [-0.3, -0.25) is 0 Å². The Morgan fingerprint density at radius 1 is 1.43 bits per heavy atom. The highest BCUT2D eigenvalue weighted by Gasteiger charge is 2.35. The fraction of sp³-hybridized carbons (Fsp3) is 0.429. The summed E-state index contributed by atoms with van der Waals surface area (Å²) < 4.78 is 36.1. The van der Waals surface area contributed by atoms with Gasteiger partial charge < -0.3 is 5.32 Å². The highest BCUT2D eigenvalue weighted by atomic mass is 32.1. The molecule has 0 aliphatic carbocycles. The van der Waals surface area contributed by atoms with Gasteiger partial charge in [0.05, 0.1) is 0 Å². The van der Waals surface area contributed by atoms with Crippen molar-refractivity contribution in [3.63, 3.8) is 0 Å². The lowest BCUT2D eigenvalue weighted by molar-refractivity contribution is -0.138. The van der Waals surface area contributed by atoms with E-state index < -0.39 is 11.2 Å². The van der Waals surface area contributed by atoms with Crippen molar-refractivity contribution >= 4 is 16.5 Å². The molecule has 0 aliphatic rings. The van der Waals surface area contributed by atoms with Crippen LogP contribution in [0.4, 0.5) is 18.3 Å². The van der Waals surface area contributed by atoms with Crippen LogP contribution in [0.2, 0.25) is 0 Å². The Morgan fingerprint density at radius 2 is 2.14 bits per heavy atom. The molecule has 0 saturated heterocycles. The van der Waals surface area contributed by atoms with E-state index in [9.17, 15) is 13.2 Å². The molecular formula is C7H6F3N3S. The minimum Gasteiger partial charge on any atom is -0.359 e. The molecule has 0 amide bonds. The Morgan fingerprint density at radius 3 is 2.64 bits per heavy atom. The zero-order valence-corrected chi connectivity index (χ0v) is 7.74. The van der Waals surface area contributed by atoms with Crippen LogP contribution < -0.4 is 5.32 Å². The van der Waals surface area contributed by atoms with Crippen molar-refractivity contribution in [3.05, 3.63) is 5.01 Å². The summed E-state index contributed by atoms with van der Waals surface area (Å²) in [6.07, 6.45) is 0.969. The van der Waals surface area contributed by atoms with Crippen molar-refractivity contribution < 1.29 is 13.2 Å². The van der Waals surface area contributed by atoms with Gasteiger partial charge in [0.1, 0.15) is 0 Å². The second-order valence-corrected chi connectivity index (χ2v) is 3.27. The Balaban J connectivity index is 2.57. The standard InChI is InChI=1S/C7H6F3N3S/c1-2-3-4-11-6-13-12-5(14-6)7(8,9)10/h1H,3-4H2,(H,11,13). The lowest BCUT2D eigenvalue weighted by Crippen LogP contribution is -2.03. The number of rotatable bonds is 3. The summed E-state index contributed by atoms with van der Waals surface area (Å²) >= 11 is 0.463. The topological polar surface area (TPSA) is 37.8 Å². The molecule has 0 atom stereocenters. The van der Waals surface area contributed by atoms with E-state index in [4.69, 9.17) is 6.42 Å². The van der Waals surface area contributed by atoms with E-state index in [1.54, 1.807) is 0 Å². The fourth-order valence-electron chi connectivity index (χ4n) is 0.651. The van der Waals surface area contributed by atoms with Crippen molar-refractivity contribution in [2.75, 3.05) is 11.9 Å². The van der Waals surface area contributed by atoms with Gasteiger partial charge in [-0.1, -0.05) is 11.3 Å². The number of alkyl halides is 3. The molecule has 0 unspecified atom stereocenters. The maximum absolute atomic E-state index is 12.0. The van der Waals surface area contributed by atoms with E-state index in [1.165, 1.54) is 0 Å². The number of aromatic nitrogens is 2. The lowest BCUT2D eigenvalue weighted by Gasteiger charge is -1.98. The first-order valence-electron chi connectivity index (χ1n) is 3.62. The third-order valence-corrected chi connectivity index (χ3v) is 2.14. The molecule has 0 aliphatic heterocycles. The molecule has 3 nitrogen and oxygen atoms in total. The molecule has 1 aromatic heterocycles. The van der Waals surface area contributed by atoms with Crippen molar-refractivity contribution in [2.45, 2.75) is 12.6 Å². The Hall–Kier alpha value is -1.29. The van der Waals surface area contributed by atoms with Crippen molar-refractivity contribution in [1.82, 2.24) is 10.2 Å². The van der Waals surface area contributed by atoms with Crippen LogP contribution in [0.3, 0.4) is 0 Å². The number of hydrogen-bond acceptors (Lipinski definition) is 4. The predicted molar refractivity (Wildman–Crippen MR) is 46.9 cm³/mol. The molecular weight excluding hydrogens is 215 g/mol. The van der Waals surface area contributed by atoms with E-state index >= 15 is 0 Å². The minimum absolute atomic E-state index is 0.132. The van der Waals surface area contributed by atoms with E-state index in [0.29, 0.717) is 24.3 Å². The highest BCUT2D eigenvalue weighted by Crippen LogP contribution is 2.32. The monoisotopic (exact) mass is 221 g/mol. The quantitative estimate of drug-likeness (QED) is 0.626. The van der Waals surface area contributed by atoms with Gasteiger partial charge in [-0.15, -0.1) is 22.5 Å². The number of halogens is 3. The molecule has 0 saturated carbocycles. The van der Waals surface area contributed by atoms with Crippen LogP contribution in [-0.2, 0) is 6.18 Å². The molecule has 1 rings (SSSR count). The average molecular weight is 221 g/mol. The van der Waals surface area contributed by atoms with Gasteiger partial charge in [-0.05, 0) is 0 Å². The van der Waals surface area contributed by atoms with Gasteiger partial charge in [0.15, 0.2) is 0 Å². The van der Waals surface area contributed by atoms with Crippen LogP contribution in [0.5, 0.6) is 0 Å². The fourth-order valence-corrected chi connectivity index (χ4v) is 1.29. The minimum atomic E-state index is -4.43. The van der Waals surface area contributed by atoms with Crippen molar-refractivity contribution in [1.29, 1.82) is 0 Å². The molecule has 1 aromatic rings. The molecule has 0 radical (unpaired) electrons. The Bertz CT molecular complexity index is 339. The predicted octanol–water partition coefficient (Wildman–Crippen LogP) is 1.99. The summed E-state index contributed by atoms with van der Waals surface area (Å²) in [5.41, 5.74) is 0. The smallest absolute Gasteiger partial charge is 0.359 e. The summed E-state index contributed by atoms with van der Waals surface area (Å²) in [5.74, 6) is 2.35. The number of anilines is 1. The van der Waals surface area contributed by atoms with Crippen LogP contribution in [0.25, 0.3) is 0 Å². The van der Waals surface area contributed by atoms with Crippen molar-refractivity contribution in [3.8, 4) is 12.3 Å². The molecule has 1 N–H and O–H groups in total. The summed E-state index contributed by atoms with van der Waals surface area (Å²) in [7, 11) is 0. The summed E-state index contributed by atoms with van der Waals surface area (Å²) in [6.45, 7) is 0.392. The third kappa shape index (κ3) is 2.88. The molecule has 0 bridgehead atoms. The third-order valence-electron chi connectivity index (χ3n) is 1.21. The molecule has 7 heteroatoms. The maximum atomic E-state index is 12.0. The largest absolute Gasteiger partial charge is 0.445 e. The van der Waals surface area contributed by atoms with Gasteiger partial charge in [0.25, 0.3) is 0 Å². The lowest BCUT2D eigenvalue weighted by atomic mass is 10.4. The second-order valence-electron chi connectivity index (χ2n) is 2.29. The van der Waals surface area contributed by atoms with E-state index in [0.717, 1.165) is 0 Å². The number of terminal acetylenes is 1. The highest BCUT2D eigenvalue weighted by molar-refractivity contribution is 7.15. The van der Waals surface area contributed by atoms with Crippen LogP contribution in [0, 0.1) is 12.3 Å². The van der Waals surface area contributed by atoms with E-state index in [2.05, 4.69) is 21.4 Å². The zero-order chi connectivity index (χ0) is 10.6.